The van der Waals surface area contributed by atoms with E-state index in [9.17, 15) is 28.8 Å². The first-order valence-corrected chi connectivity index (χ1v) is 20.1. The van der Waals surface area contributed by atoms with E-state index < -0.39 is 29.6 Å². The molecule has 0 aromatic heterocycles. The van der Waals surface area contributed by atoms with E-state index in [4.69, 9.17) is 21.7 Å². The smallest absolute Gasteiger partial charge is 0.224 e. The molecule has 0 heterocycles. The first-order chi connectivity index (χ1) is 27.1. The van der Waals surface area contributed by atoms with Crippen LogP contribution < -0.4 is 54.0 Å². The van der Waals surface area contributed by atoms with Crippen LogP contribution in [0.25, 0.3) is 10.4 Å². The minimum Gasteiger partial charge on any atom is -0.381 e. The lowest BCUT2D eigenvalue weighted by atomic mass is 9.93. The molecule has 0 rings (SSSR count). The summed E-state index contributed by atoms with van der Waals surface area (Å²) in [5, 5.41) is 27.1. The lowest BCUT2D eigenvalue weighted by Gasteiger charge is -2.18. The number of azide groups is 1. The van der Waals surface area contributed by atoms with Gasteiger partial charge in [-0.15, -0.1) is 0 Å². The van der Waals surface area contributed by atoms with Gasteiger partial charge < -0.3 is 53.0 Å². The van der Waals surface area contributed by atoms with Crippen LogP contribution in [0.15, 0.2) is 5.11 Å². The van der Waals surface area contributed by atoms with Gasteiger partial charge in [0.05, 0.1) is 25.0 Å². The minimum absolute atomic E-state index is 0.00778. The molecule has 4 amide bonds. The van der Waals surface area contributed by atoms with Gasteiger partial charge in [0.2, 0.25) is 23.6 Å². The molecule has 2 unspecified atom stereocenters. The predicted octanol–water partition coefficient (Wildman–Crippen LogP) is -1.19. The molecule has 0 saturated heterocycles. The van der Waals surface area contributed by atoms with Crippen LogP contribution in [0, 0.1) is 5.92 Å². The van der Waals surface area contributed by atoms with Gasteiger partial charge in [0.15, 0.2) is 5.78 Å². The number of rotatable bonds is 40. The van der Waals surface area contributed by atoms with E-state index in [1.807, 2.05) is 0 Å². The van der Waals surface area contributed by atoms with Gasteiger partial charge in [-0.05, 0) is 18.4 Å². The second kappa shape index (κ2) is 38.1. The molecular weight excluding hydrogens is 726 g/mol. The number of hydrogen-bond donors (Lipinski definition) is 9. The van der Waals surface area contributed by atoms with Crippen molar-refractivity contribution in [2.75, 3.05) is 105 Å². The molecule has 0 aromatic carbocycles. The highest BCUT2D eigenvalue weighted by Gasteiger charge is 2.28. The average molecular weight is 797 g/mol. The molecule has 0 aromatic rings. The topological polar surface area (TPSA) is 306 Å². The number of carbonyl (C=O) groups is 6. The van der Waals surface area contributed by atoms with Crippen molar-refractivity contribution in [3.8, 4) is 0 Å². The molecule has 11 N–H and O–H groups in total. The molecule has 0 aliphatic rings. The maximum atomic E-state index is 13.0. The molecular formula is C36H70N13O7. The summed E-state index contributed by atoms with van der Waals surface area (Å²) in [6.07, 6.45) is 4.19. The average Bonchev–Trinajstić information content (AvgIpc) is 3.17. The standard InChI is InChI=1S/C36H70N13O7/c1-2-3-4-5-11-47-36(55)29(27-34(53)45-21-18-41-14-13-40-12-10-37)26-32(51)31(38)28-35(54)46-22-19-43-16-15-42-17-20-44-33(52)9-8-30(50)7-6-24-56-25-23-48-49-39/h29,31,38,40-43H,2-28,37H2,1H3,(H,44,52)(H,45,53)(H,46,54)(H,47,55). The number of nitrogens with one attached hydrogen (secondary N) is 9. The van der Waals surface area contributed by atoms with Gasteiger partial charge in [-0.2, -0.15) is 0 Å². The van der Waals surface area contributed by atoms with Crippen molar-refractivity contribution < 1.29 is 33.5 Å². The van der Waals surface area contributed by atoms with Gasteiger partial charge in [-0.3, -0.25) is 28.8 Å². The van der Waals surface area contributed by atoms with E-state index in [0.717, 1.165) is 38.8 Å². The molecule has 1 radical (unpaired) electrons. The Balaban J connectivity index is 4.25. The maximum Gasteiger partial charge on any atom is 0.224 e. The minimum atomic E-state index is -1.36. The normalized spacial score (nSPS) is 11.9. The predicted molar refractivity (Wildman–Crippen MR) is 214 cm³/mol. The quantitative estimate of drug-likeness (QED) is 0.0153. The number of unbranched alkanes of at least 4 members (excludes halogenated alkanes) is 3. The Morgan fingerprint density at radius 3 is 1.80 bits per heavy atom. The van der Waals surface area contributed by atoms with Gasteiger partial charge in [0, 0.05) is 135 Å². The summed E-state index contributed by atoms with van der Waals surface area (Å²) < 4.78 is 5.25. The fraction of sp³-hybridized carbons (Fsp3) is 0.833. The zero-order valence-electron chi connectivity index (χ0n) is 33.5. The molecule has 0 bridgehead atoms. The first kappa shape index (κ1) is 52.2. The lowest BCUT2D eigenvalue weighted by Crippen LogP contribution is -2.41. The number of carbonyl (C=O) groups excluding carboxylic acids is 6. The second-order valence-electron chi connectivity index (χ2n) is 13.2. The molecule has 0 fully saturated rings. The van der Waals surface area contributed by atoms with Crippen molar-refractivity contribution in [2.24, 2.45) is 16.8 Å². The molecule has 20 nitrogen and oxygen atoms in total. The van der Waals surface area contributed by atoms with Crippen LogP contribution in [-0.4, -0.2) is 146 Å². The Hall–Kier alpha value is -3.75. The number of ether oxygens (including phenoxy) is 1. The summed E-state index contributed by atoms with van der Waals surface area (Å²) in [5.74, 6) is -2.93. The van der Waals surface area contributed by atoms with E-state index in [1.54, 1.807) is 0 Å². The summed E-state index contributed by atoms with van der Waals surface area (Å²) in [4.78, 5) is 77.5. The highest BCUT2D eigenvalue weighted by atomic mass is 16.5. The number of nitrogens with two attached hydrogens (primary N) is 1. The van der Waals surface area contributed by atoms with E-state index in [0.29, 0.717) is 98.0 Å². The first-order valence-electron chi connectivity index (χ1n) is 20.1. The van der Waals surface area contributed by atoms with E-state index in [1.165, 1.54) is 0 Å². The summed E-state index contributed by atoms with van der Waals surface area (Å²) in [6.45, 7) is 10.1. The number of hydrogen-bond acceptors (Lipinski definition) is 13. The van der Waals surface area contributed by atoms with Crippen molar-refractivity contribution in [1.29, 1.82) is 0 Å². The highest BCUT2D eigenvalue weighted by molar-refractivity contribution is 5.94. The van der Waals surface area contributed by atoms with Crippen LogP contribution in [0.3, 0.4) is 0 Å². The summed E-state index contributed by atoms with van der Waals surface area (Å²) in [7, 11) is 0. The van der Waals surface area contributed by atoms with Crippen molar-refractivity contribution in [1.82, 2.24) is 48.3 Å². The third kappa shape index (κ3) is 33.6. The van der Waals surface area contributed by atoms with Gasteiger partial charge >= 0.3 is 0 Å². The van der Waals surface area contributed by atoms with Crippen LogP contribution in [0.5, 0.6) is 0 Å². The Morgan fingerprint density at radius 2 is 1.21 bits per heavy atom. The molecule has 321 valence electrons. The molecule has 20 heteroatoms. The monoisotopic (exact) mass is 797 g/mol. The summed E-state index contributed by atoms with van der Waals surface area (Å²) in [5.41, 5.74) is 21.9. The van der Waals surface area contributed by atoms with Gasteiger partial charge in [0.25, 0.3) is 0 Å². The van der Waals surface area contributed by atoms with Crippen molar-refractivity contribution in [2.45, 2.75) is 83.6 Å². The van der Waals surface area contributed by atoms with Crippen LogP contribution in [0.2, 0.25) is 0 Å². The van der Waals surface area contributed by atoms with Crippen LogP contribution in [-0.2, 0) is 33.5 Å². The van der Waals surface area contributed by atoms with Crippen molar-refractivity contribution >= 4 is 35.2 Å². The summed E-state index contributed by atoms with van der Waals surface area (Å²) in [6, 6.07) is -1.36. The summed E-state index contributed by atoms with van der Waals surface area (Å²) >= 11 is 0. The fourth-order valence-electron chi connectivity index (χ4n) is 5.13. The second-order valence-corrected chi connectivity index (χ2v) is 13.2. The molecule has 0 aliphatic carbocycles. The zero-order chi connectivity index (χ0) is 41.5. The number of nitrogens with zero attached hydrogens (tertiary/aromatic N) is 3. The molecule has 0 aliphatic heterocycles. The van der Waals surface area contributed by atoms with Crippen LogP contribution in [0.1, 0.15) is 77.6 Å². The van der Waals surface area contributed by atoms with E-state index in [2.05, 4.69) is 59.5 Å². The molecule has 56 heavy (non-hydrogen) atoms. The maximum absolute atomic E-state index is 13.0. The number of Topliss-reactive ketones (excluding diaryl/α,β-unsaturated/α-hetero) is 2. The number of amides is 4. The Morgan fingerprint density at radius 1 is 0.643 bits per heavy atom. The number of ketones is 2. The lowest BCUT2D eigenvalue weighted by molar-refractivity contribution is -0.134. The van der Waals surface area contributed by atoms with Crippen LogP contribution in [0.4, 0.5) is 0 Å². The van der Waals surface area contributed by atoms with E-state index in [-0.39, 0.29) is 56.2 Å². The molecule has 2 atom stereocenters. The fourth-order valence-corrected chi connectivity index (χ4v) is 5.13. The zero-order valence-corrected chi connectivity index (χ0v) is 33.5. The Bertz CT molecular complexity index is 1140. The van der Waals surface area contributed by atoms with Crippen LogP contribution >= 0.6 is 0 Å². The van der Waals surface area contributed by atoms with Gasteiger partial charge in [0.1, 0.15) is 5.78 Å². The third-order valence-corrected chi connectivity index (χ3v) is 8.28. The largest absolute Gasteiger partial charge is 0.381 e. The van der Waals surface area contributed by atoms with E-state index >= 15 is 0 Å². The van der Waals surface area contributed by atoms with Gasteiger partial charge in [-0.25, -0.2) is 5.73 Å². The van der Waals surface area contributed by atoms with Crippen molar-refractivity contribution in [3.63, 3.8) is 0 Å². The third-order valence-electron chi connectivity index (χ3n) is 8.28. The Kier molecular flexibility index (Phi) is 35.6. The SMILES string of the molecule is CCCCCCNC(=O)C(CC(=O)NCCNCCNCCN)CC(=O)C([NH])CC(=O)NCCNCCNCCNC(=O)CCC(=O)CCCOCCN=[N+]=[N-]. The van der Waals surface area contributed by atoms with Crippen molar-refractivity contribution in [3.05, 3.63) is 10.4 Å². The molecule has 0 spiro atoms. The van der Waals surface area contributed by atoms with Gasteiger partial charge in [-0.1, -0.05) is 31.3 Å². The Labute approximate surface area is 332 Å². The highest BCUT2D eigenvalue weighted by Crippen LogP contribution is 2.13. The molecule has 0 saturated carbocycles.